The van der Waals surface area contributed by atoms with Crippen LogP contribution in [0.2, 0.25) is 0 Å². The topological polar surface area (TPSA) is 72.9 Å². The number of hydrogen-bond acceptors (Lipinski definition) is 5. The third-order valence-electron chi connectivity index (χ3n) is 2.96. The van der Waals surface area contributed by atoms with Gasteiger partial charge in [0, 0.05) is 6.54 Å². The normalized spacial score (nSPS) is 24.6. The van der Waals surface area contributed by atoms with E-state index >= 15 is 0 Å². The highest BCUT2D eigenvalue weighted by Crippen LogP contribution is 2.26. The van der Waals surface area contributed by atoms with Crippen LogP contribution in [-0.2, 0) is 19.0 Å². The molecular weight excluding hydrogens is 270 g/mol. The highest BCUT2D eigenvalue weighted by molar-refractivity contribution is 7.85. The molecule has 0 spiro atoms. The van der Waals surface area contributed by atoms with E-state index in [9.17, 15) is 13.2 Å². The standard InChI is InChI=1S/C12H23NO5S/c1-9-6-7-13(11(14)18-12(2,3)4)10(9)8-17-19(5,15)16/h9-10H,6-8H2,1-5H3. The average Bonchev–Trinajstić information content (AvgIpc) is 2.53. The number of likely N-dealkylation sites (tertiary alicyclic amines) is 1. The smallest absolute Gasteiger partial charge is 0.410 e. The molecule has 1 fully saturated rings. The molecule has 0 aromatic rings. The van der Waals surface area contributed by atoms with Crippen molar-refractivity contribution in [3.63, 3.8) is 0 Å². The fourth-order valence-electron chi connectivity index (χ4n) is 2.00. The number of rotatable bonds is 3. The second kappa shape index (κ2) is 5.66. The SMILES string of the molecule is CC1CCN(C(=O)OC(C)(C)C)C1COS(C)(=O)=O. The van der Waals surface area contributed by atoms with Gasteiger partial charge in [-0.3, -0.25) is 4.18 Å². The molecule has 0 N–H and O–H groups in total. The number of nitrogens with zero attached hydrogens (tertiary/aromatic N) is 1. The lowest BCUT2D eigenvalue weighted by Crippen LogP contribution is -2.43. The molecule has 1 aliphatic heterocycles. The molecule has 2 atom stereocenters. The summed E-state index contributed by atoms with van der Waals surface area (Å²) in [4.78, 5) is 13.6. The lowest BCUT2D eigenvalue weighted by Gasteiger charge is -2.29. The second-order valence-corrected chi connectivity index (χ2v) is 7.64. The van der Waals surface area contributed by atoms with E-state index in [1.54, 1.807) is 25.7 Å². The summed E-state index contributed by atoms with van der Waals surface area (Å²) in [6.45, 7) is 7.92. The highest BCUT2D eigenvalue weighted by atomic mass is 32.2. The molecule has 0 saturated carbocycles. The largest absolute Gasteiger partial charge is 0.444 e. The maximum Gasteiger partial charge on any atom is 0.410 e. The zero-order valence-electron chi connectivity index (χ0n) is 12.2. The summed E-state index contributed by atoms with van der Waals surface area (Å²) >= 11 is 0. The van der Waals surface area contributed by atoms with Crippen LogP contribution in [0, 0.1) is 5.92 Å². The number of ether oxygens (including phenoxy) is 1. The maximum atomic E-state index is 12.0. The highest BCUT2D eigenvalue weighted by Gasteiger charge is 2.37. The van der Waals surface area contributed by atoms with Gasteiger partial charge >= 0.3 is 6.09 Å². The molecule has 19 heavy (non-hydrogen) atoms. The summed E-state index contributed by atoms with van der Waals surface area (Å²) in [5.74, 6) is 0.189. The Kier molecular flexibility index (Phi) is 4.84. The van der Waals surface area contributed by atoms with E-state index in [-0.39, 0.29) is 18.6 Å². The minimum atomic E-state index is -3.50. The van der Waals surface area contributed by atoms with Gasteiger partial charge in [0.25, 0.3) is 10.1 Å². The fourth-order valence-corrected chi connectivity index (χ4v) is 2.39. The van der Waals surface area contributed by atoms with Crippen LogP contribution >= 0.6 is 0 Å². The summed E-state index contributed by atoms with van der Waals surface area (Å²) < 4.78 is 32.2. The first kappa shape index (κ1) is 16.2. The Labute approximate surface area is 115 Å². The fraction of sp³-hybridized carbons (Fsp3) is 0.917. The number of carbonyl (C=O) groups excluding carboxylic acids is 1. The zero-order valence-corrected chi connectivity index (χ0v) is 13.0. The van der Waals surface area contributed by atoms with Gasteiger partial charge in [0.05, 0.1) is 18.9 Å². The molecule has 0 aromatic heterocycles. The summed E-state index contributed by atoms with van der Waals surface area (Å²) in [7, 11) is -3.50. The molecule has 1 amide bonds. The van der Waals surface area contributed by atoms with Gasteiger partial charge in [-0.25, -0.2) is 4.79 Å². The number of carbonyl (C=O) groups is 1. The van der Waals surface area contributed by atoms with Crippen LogP contribution < -0.4 is 0 Å². The van der Waals surface area contributed by atoms with E-state index in [0.717, 1.165) is 12.7 Å². The summed E-state index contributed by atoms with van der Waals surface area (Å²) in [5.41, 5.74) is -0.564. The molecule has 0 aromatic carbocycles. The van der Waals surface area contributed by atoms with Crippen LogP contribution in [0.25, 0.3) is 0 Å². The van der Waals surface area contributed by atoms with Crippen LogP contribution in [0.4, 0.5) is 4.79 Å². The van der Waals surface area contributed by atoms with Crippen molar-refractivity contribution >= 4 is 16.2 Å². The predicted octanol–water partition coefficient (Wildman–Crippen LogP) is 1.61. The Morgan fingerprint density at radius 1 is 1.37 bits per heavy atom. The van der Waals surface area contributed by atoms with Crippen molar-refractivity contribution in [3.8, 4) is 0 Å². The summed E-state index contributed by atoms with van der Waals surface area (Å²) in [5, 5.41) is 0. The Bertz CT molecular complexity index is 426. The van der Waals surface area contributed by atoms with Crippen LogP contribution in [0.3, 0.4) is 0 Å². The van der Waals surface area contributed by atoms with E-state index in [1.807, 2.05) is 6.92 Å². The molecule has 1 heterocycles. The van der Waals surface area contributed by atoms with E-state index in [4.69, 9.17) is 8.92 Å². The molecule has 1 saturated heterocycles. The Hall–Kier alpha value is -0.820. The van der Waals surface area contributed by atoms with Gasteiger partial charge in [0.15, 0.2) is 0 Å². The zero-order chi connectivity index (χ0) is 14.8. The van der Waals surface area contributed by atoms with Gasteiger partial charge in [-0.15, -0.1) is 0 Å². The van der Waals surface area contributed by atoms with Gasteiger partial charge in [-0.1, -0.05) is 6.92 Å². The lowest BCUT2D eigenvalue weighted by molar-refractivity contribution is 0.0167. The average molecular weight is 293 g/mol. The predicted molar refractivity (Wildman–Crippen MR) is 71.3 cm³/mol. The van der Waals surface area contributed by atoms with Crippen molar-refractivity contribution in [3.05, 3.63) is 0 Å². The number of amides is 1. The first-order valence-electron chi connectivity index (χ1n) is 6.33. The Morgan fingerprint density at radius 2 is 1.95 bits per heavy atom. The van der Waals surface area contributed by atoms with Gasteiger partial charge in [0.2, 0.25) is 0 Å². The Balaban J connectivity index is 2.69. The van der Waals surface area contributed by atoms with Crippen molar-refractivity contribution in [2.24, 2.45) is 5.92 Å². The first-order chi connectivity index (χ1) is 8.49. The summed E-state index contributed by atoms with van der Waals surface area (Å²) in [6, 6.07) is -0.260. The third-order valence-corrected chi connectivity index (χ3v) is 3.53. The summed E-state index contributed by atoms with van der Waals surface area (Å²) in [6.07, 6.45) is 1.40. The molecule has 1 aliphatic rings. The van der Waals surface area contributed by atoms with Gasteiger partial charge < -0.3 is 9.64 Å². The van der Waals surface area contributed by atoms with Crippen molar-refractivity contribution in [1.29, 1.82) is 0 Å². The molecule has 2 unspecified atom stereocenters. The first-order valence-corrected chi connectivity index (χ1v) is 8.15. The molecule has 0 aliphatic carbocycles. The third kappa shape index (κ3) is 5.36. The minimum absolute atomic E-state index is 0.0146. The van der Waals surface area contributed by atoms with Crippen LogP contribution in [0.15, 0.2) is 0 Å². The molecule has 7 heteroatoms. The maximum absolute atomic E-state index is 12.0. The molecular formula is C12H23NO5S. The minimum Gasteiger partial charge on any atom is -0.444 e. The van der Waals surface area contributed by atoms with Crippen molar-refractivity contribution in [1.82, 2.24) is 4.90 Å². The van der Waals surface area contributed by atoms with Crippen molar-refractivity contribution in [2.75, 3.05) is 19.4 Å². The molecule has 1 rings (SSSR count). The van der Waals surface area contributed by atoms with E-state index in [1.165, 1.54) is 0 Å². The van der Waals surface area contributed by atoms with Crippen LogP contribution in [0.5, 0.6) is 0 Å². The van der Waals surface area contributed by atoms with Gasteiger partial charge in [-0.2, -0.15) is 8.42 Å². The van der Waals surface area contributed by atoms with E-state index < -0.39 is 21.8 Å². The second-order valence-electron chi connectivity index (χ2n) is 6.00. The van der Waals surface area contributed by atoms with Crippen molar-refractivity contribution < 1.29 is 22.1 Å². The number of hydrogen-bond donors (Lipinski definition) is 0. The van der Waals surface area contributed by atoms with Gasteiger partial charge in [0.1, 0.15) is 5.60 Å². The molecule has 0 bridgehead atoms. The lowest BCUT2D eigenvalue weighted by atomic mass is 10.0. The molecule has 0 radical (unpaired) electrons. The van der Waals surface area contributed by atoms with Gasteiger partial charge in [-0.05, 0) is 33.1 Å². The van der Waals surface area contributed by atoms with Crippen molar-refractivity contribution in [2.45, 2.75) is 45.8 Å². The van der Waals surface area contributed by atoms with Crippen LogP contribution in [0.1, 0.15) is 34.1 Å². The monoisotopic (exact) mass is 293 g/mol. The Morgan fingerprint density at radius 3 is 2.42 bits per heavy atom. The van der Waals surface area contributed by atoms with Crippen LogP contribution in [-0.4, -0.2) is 50.5 Å². The van der Waals surface area contributed by atoms with E-state index in [0.29, 0.717) is 6.54 Å². The molecule has 6 nitrogen and oxygen atoms in total. The van der Waals surface area contributed by atoms with E-state index in [2.05, 4.69) is 0 Å². The molecule has 112 valence electrons. The quantitative estimate of drug-likeness (QED) is 0.739.